The third kappa shape index (κ3) is 3.76. The Bertz CT molecular complexity index is 1040. The van der Waals surface area contributed by atoms with E-state index in [2.05, 4.69) is 0 Å². The van der Waals surface area contributed by atoms with Gasteiger partial charge in [0.25, 0.3) is 5.91 Å². The van der Waals surface area contributed by atoms with Gasteiger partial charge in [-0.3, -0.25) is 9.59 Å². The van der Waals surface area contributed by atoms with Gasteiger partial charge in [0.05, 0.1) is 33.3 Å². The first-order valence-electron chi connectivity index (χ1n) is 10.7. The topological polar surface area (TPSA) is 74.3 Å². The summed E-state index contributed by atoms with van der Waals surface area (Å²) in [6.45, 7) is 5.02. The summed E-state index contributed by atoms with van der Waals surface area (Å²) in [5.41, 5.74) is 2.76. The lowest BCUT2D eigenvalue weighted by Crippen LogP contribution is -2.52. The third-order valence-corrected chi connectivity index (χ3v) is 6.58. The Morgan fingerprint density at radius 2 is 1.53 bits per heavy atom. The van der Waals surface area contributed by atoms with Gasteiger partial charge in [-0.25, -0.2) is 0 Å². The number of ketones is 1. The number of nitrogens with zero attached hydrogens (tertiary/aromatic N) is 1. The normalized spacial score (nSPS) is 16.9. The summed E-state index contributed by atoms with van der Waals surface area (Å²) in [4.78, 5) is 27.9. The fourth-order valence-electron chi connectivity index (χ4n) is 4.53. The van der Waals surface area contributed by atoms with Gasteiger partial charge in [-0.05, 0) is 49.2 Å². The van der Waals surface area contributed by atoms with Crippen LogP contribution < -0.4 is 18.9 Å². The quantitative estimate of drug-likeness (QED) is 0.718. The van der Waals surface area contributed by atoms with Crippen LogP contribution in [0.4, 0.5) is 0 Å². The Kier molecular flexibility index (Phi) is 5.75. The SMILES string of the molecule is COc1cc(C(=O)N2CCC3(CC2)CC(=O)c2cc(C)c(C)cc2O3)cc(OC)c1OC. The molecule has 1 saturated heterocycles. The zero-order valence-electron chi connectivity index (χ0n) is 19.2. The van der Waals surface area contributed by atoms with E-state index in [1.807, 2.05) is 26.0 Å². The number of hydrogen-bond acceptors (Lipinski definition) is 6. The molecule has 0 radical (unpaired) electrons. The summed E-state index contributed by atoms with van der Waals surface area (Å²) in [6.07, 6.45) is 1.54. The van der Waals surface area contributed by atoms with Crippen molar-refractivity contribution in [2.45, 2.75) is 38.7 Å². The molecular formula is C25H29NO6. The van der Waals surface area contributed by atoms with Crippen molar-refractivity contribution in [3.8, 4) is 23.0 Å². The summed E-state index contributed by atoms with van der Waals surface area (Å²) in [5, 5.41) is 0. The largest absolute Gasteiger partial charge is 0.493 e. The number of amides is 1. The molecule has 32 heavy (non-hydrogen) atoms. The number of methoxy groups -OCH3 is 3. The van der Waals surface area contributed by atoms with Gasteiger partial charge in [0.1, 0.15) is 11.4 Å². The van der Waals surface area contributed by atoms with Gasteiger partial charge < -0.3 is 23.8 Å². The lowest BCUT2D eigenvalue weighted by Gasteiger charge is -2.44. The Labute approximate surface area is 188 Å². The second-order valence-corrected chi connectivity index (χ2v) is 8.52. The van der Waals surface area contributed by atoms with Crippen molar-refractivity contribution >= 4 is 11.7 Å². The van der Waals surface area contributed by atoms with E-state index < -0.39 is 5.60 Å². The van der Waals surface area contributed by atoms with Gasteiger partial charge >= 0.3 is 0 Å². The number of ether oxygens (including phenoxy) is 4. The maximum atomic E-state index is 13.2. The molecule has 170 valence electrons. The second kappa shape index (κ2) is 8.37. The highest BCUT2D eigenvalue weighted by atomic mass is 16.5. The van der Waals surface area contributed by atoms with E-state index >= 15 is 0 Å². The Morgan fingerprint density at radius 3 is 2.09 bits per heavy atom. The van der Waals surface area contributed by atoms with Crippen LogP contribution in [0.1, 0.15) is 51.1 Å². The number of likely N-dealkylation sites (tertiary alicyclic amines) is 1. The van der Waals surface area contributed by atoms with Gasteiger partial charge in [0.15, 0.2) is 17.3 Å². The van der Waals surface area contributed by atoms with E-state index in [1.54, 1.807) is 17.0 Å². The predicted molar refractivity (Wildman–Crippen MR) is 119 cm³/mol. The van der Waals surface area contributed by atoms with Crippen LogP contribution in [0.3, 0.4) is 0 Å². The fourth-order valence-corrected chi connectivity index (χ4v) is 4.53. The lowest BCUT2D eigenvalue weighted by molar-refractivity contribution is -0.00577. The van der Waals surface area contributed by atoms with Crippen LogP contribution in [-0.2, 0) is 0 Å². The number of benzene rings is 2. The Morgan fingerprint density at radius 1 is 0.938 bits per heavy atom. The highest BCUT2D eigenvalue weighted by Gasteiger charge is 2.44. The number of carbonyl (C=O) groups is 2. The van der Waals surface area contributed by atoms with E-state index in [1.165, 1.54) is 21.3 Å². The van der Waals surface area contributed by atoms with Crippen LogP contribution >= 0.6 is 0 Å². The average molecular weight is 440 g/mol. The highest BCUT2D eigenvalue weighted by molar-refractivity contribution is 6.01. The molecule has 4 rings (SSSR count). The zero-order chi connectivity index (χ0) is 23.0. The molecule has 0 aliphatic carbocycles. The highest BCUT2D eigenvalue weighted by Crippen LogP contribution is 2.42. The van der Waals surface area contributed by atoms with Crippen molar-refractivity contribution in [3.63, 3.8) is 0 Å². The van der Waals surface area contributed by atoms with Crippen LogP contribution in [0.15, 0.2) is 24.3 Å². The molecule has 2 aliphatic heterocycles. The molecule has 1 fully saturated rings. The Balaban J connectivity index is 1.52. The molecule has 1 amide bonds. The summed E-state index contributed by atoms with van der Waals surface area (Å²) < 4.78 is 22.5. The first-order chi connectivity index (χ1) is 15.3. The number of rotatable bonds is 4. The molecule has 0 N–H and O–H groups in total. The molecule has 0 bridgehead atoms. The molecule has 1 spiro atoms. The molecule has 0 unspecified atom stereocenters. The summed E-state index contributed by atoms with van der Waals surface area (Å²) in [6, 6.07) is 7.20. The van der Waals surface area contributed by atoms with Gasteiger partial charge in [-0.1, -0.05) is 0 Å². The molecular weight excluding hydrogens is 410 g/mol. The van der Waals surface area contributed by atoms with Crippen molar-refractivity contribution in [1.29, 1.82) is 0 Å². The van der Waals surface area contributed by atoms with Crippen molar-refractivity contribution < 1.29 is 28.5 Å². The smallest absolute Gasteiger partial charge is 0.254 e. The molecule has 7 heteroatoms. The van der Waals surface area contributed by atoms with E-state index in [4.69, 9.17) is 18.9 Å². The van der Waals surface area contributed by atoms with Gasteiger partial charge in [-0.15, -0.1) is 0 Å². The maximum absolute atomic E-state index is 13.2. The maximum Gasteiger partial charge on any atom is 0.254 e. The predicted octanol–water partition coefficient (Wildman–Crippen LogP) is 3.97. The minimum Gasteiger partial charge on any atom is -0.493 e. The van der Waals surface area contributed by atoms with E-state index in [-0.39, 0.29) is 11.7 Å². The molecule has 2 aliphatic rings. The minimum atomic E-state index is -0.558. The number of Topliss-reactive ketones (excluding diaryl/α,β-unsaturated/α-hetero) is 1. The fraction of sp³-hybridized carbons (Fsp3) is 0.440. The number of aryl methyl sites for hydroxylation is 2. The zero-order valence-corrected chi connectivity index (χ0v) is 19.2. The van der Waals surface area contributed by atoms with Gasteiger partial charge in [-0.2, -0.15) is 0 Å². The molecule has 0 atom stereocenters. The molecule has 2 aromatic rings. The number of fused-ring (bicyclic) bond motifs is 1. The van der Waals surface area contributed by atoms with Gasteiger partial charge in [0, 0.05) is 31.5 Å². The van der Waals surface area contributed by atoms with Gasteiger partial charge in [0.2, 0.25) is 5.75 Å². The summed E-state index contributed by atoms with van der Waals surface area (Å²) >= 11 is 0. The minimum absolute atomic E-state index is 0.110. The van der Waals surface area contributed by atoms with E-state index in [0.717, 1.165) is 11.1 Å². The molecule has 2 heterocycles. The van der Waals surface area contributed by atoms with Crippen LogP contribution in [-0.4, -0.2) is 56.6 Å². The first-order valence-corrected chi connectivity index (χ1v) is 10.7. The average Bonchev–Trinajstić information content (AvgIpc) is 2.79. The first kappa shape index (κ1) is 22.0. The Hall–Kier alpha value is -3.22. The number of piperidine rings is 1. The summed E-state index contributed by atoms with van der Waals surface area (Å²) in [5.74, 6) is 1.97. The van der Waals surface area contributed by atoms with Crippen molar-refractivity contribution in [2.24, 2.45) is 0 Å². The molecule has 7 nitrogen and oxygen atoms in total. The standard InChI is InChI=1S/C25H29NO6/c1-15-10-18-19(27)14-25(32-20(18)11-16(15)2)6-8-26(9-7-25)24(28)17-12-21(29-3)23(31-5)22(13-17)30-4/h10-13H,6-9,14H2,1-5H3. The number of carbonyl (C=O) groups excluding carboxylic acids is 2. The van der Waals surface area contributed by atoms with Crippen molar-refractivity contribution in [3.05, 3.63) is 46.5 Å². The third-order valence-electron chi connectivity index (χ3n) is 6.58. The summed E-state index contributed by atoms with van der Waals surface area (Å²) in [7, 11) is 4.57. The van der Waals surface area contributed by atoms with E-state index in [0.29, 0.717) is 66.5 Å². The second-order valence-electron chi connectivity index (χ2n) is 8.52. The number of hydrogen-bond donors (Lipinski definition) is 0. The molecule has 0 saturated carbocycles. The van der Waals surface area contributed by atoms with Crippen LogP contribution in [0.2, 0.25) is 0 Å². The van der Waals surface area contributed by atoms with E-state index in [9.17, 15) is 9.59 Å². The van der Waals surface area contributed by atoms with Crippen molar-refractivity contribution in [1.82, 2.24) is 4.90 Å². The monoisotopic (exact) mass is 439 g/mol. The lowest BCUT2D eigenvalue weighted by atomic mass is 9.81. The molecule has 2 aromatic carbocycles. The van der Waals surface area contributed by atoms with Crippen LogP contribution in [0.5, 0.6) is 23.0 Å². The van der Waals surface area contributed by atoms with Crippen LogP contribution in [0, 0.1) is 13.8 Å². The van der Waals surface area contributed by atoms with Crippen LogP contribution in [0.25, 0.3) is 0 Å². The van der Waals surface area contributed by atoms with Crippen molar-refractivity contribution in [2.75, 3.05) is 34.4 Å². The molecule has 0 aromatic heterocycles.